The highest BCUT2D eigenvalue weighted by molar-refractivity contribution is 7.15. The molecule has 0 unspecified atom stereocenters. The lowest BCUT2D eigenvalue weighted by molar-refractivity contribution is 1.23. The predicted molar refractivity (Wildman–Crippen MR) is 47.6 cm³/mol. The maximum atomic E-state index is 4.06. The molecule has 0 saturated heterocycles. The zero-order chi connectivity index (χ0) is 5.40. The smallest absolute Gasteiger partial charge is 0.193 e. The van der Waals surface area contributed by atoms with Crippen LogP contribution in [0.5, 0.6) is 0 Å². The number of nitrogens with zero attached hydrogens (tertiary/aromatic N) is 2. The SMILES string of the molecule is Cl.Cl.c1cn2ccsc2n1. The van der Waals surface area contributed by atoms with Crippen LogP contribution in [0.15, 0.2) is 24.0 Å². The molecule has 0 fully saturated rings. The van der Waals surface area contributed by atoms with Crippen LogP contribution < -0.4 is 0 Å². The van der Waals surface area contributed by atoms with Gasteiger partial charge >= 0.3 is 0 Å². The second-order valence-electron chi connectivity index (χ2n) is 1.52. The summed E-state index contributed by atoms with van der Waals surface area (Å²) < 4.78 is 1.99. The Morgan fingerprint density at radius 1 is 1.30 bits per heavy atom. The van der Waals surface area contributed by atoms with Gasteiger partial charge in [-0.15, -0.1) is 36.2 Å². The molecule has 0 spiro atoms. The van der Waals surface area contributed by atoms with Gasteiger partial charge in [0, 0.05) is 24.0 Å². The molecule has 56 valence electrons. The summed E-state index contributed by atoms with van der Waals surface area (Å²) in [7, 11) is 0. The summed E-state index contributed by atoms with van der Waals surface area (Å²) in [5.74, 6) is 0. The number of thiazole rings is 1. The van der Waals surface area contributed by atoms with Crippen molar-refractivity contribution in [1.82, 2.24) is 9.38 Å². The van der Waals surface area contributed by atoms with Gasteiger partial charge in [-0.1, -0.05) is 0 Å². The van der Waals surface area contributed by atoms with Crippen LogP contribution >= 0.6 is 36.2 Å². The highest BCUT2D eigenvalue weighted by atomic mass is 35.5. The minimum Gasteiger partial charge on any atom is -0.298 e. The summed E-state index contributed by atoms with van der Waals surface area (Å²) in [6, 6.07) is 0. The Hall–Kier alpha value is -0.250. The van der Waals surface area contributed by atoms with E-state index in [0.717, 1.165) is 4.96 Å². The first kappa shape index (κ1) is 9.75. The van der Waals surface area contributed by atoms with Crippen LogP contribution in [0.3, 0.4) is 0 Å². The third kappa shape index (κ3) is 1.42. The molecular weight excluding hydrogens is 191 g/mol. The van der Waals surface area contributed by atoms with Gasteiger partial charge in [0.25, 0.3) is 0 Å². The lowest BCUT2D eigenvalue weighted by atomic mass is 10.9. The number of aromatic nitrogens is 2. The van der Waals surface area contributed by atoms with Crippen LogP contribution in [-0.4, -0.2) is 9.38 Å². The third-order valence-electron chi connectivity index (χ3n) is 1.03. The Kier molecular flexibility index (Phi) is 3.71. The lowest BCUT2D eigenvalue weighted by Crippen LogP contribution is -1.66. The fraction of sp³-hybridized carbons (Fsp3) is 0. The zero-order valence-electron chi connectivity index (χ0n) is 4.93. The van der Waals surface area contributed by atoms with Crippen molar-refractivity contribution >= 4 is 41.1 Å². The minimum absolute atomic E-state index is 0. The molecule has 0 aromatic carbocycles. The van der Waals surface area contributed by atoms with E-state index in [9.17, 15) is 0 Å². The minimum atomic E-state index is 0. The van der Waals surface area contributed by atoms with Gasteiger partial charge in [0.05, 0.1) is 0 Å². The number of hydrogen-bond acceptors (Lipinski definition) is 2. The van der Waals surface area contributed by atoms with Gasteiger partial charge in [-0.05, 0) is 0 Å². The van der Waals surface area contributed by atoms with Crippen LogP contribution in [0.1, 0.15) is 0 Å². The van der Waals surface area contributed by atoms with E-state index in [1.165, 1.54) is 0 Å². The van der Waals surface area contributed by atoms with Crippen LogP contribution in [0.4, 0.5) is 0 Å². The monoisotopic (exact) mass is 196 g/mol. The van der Waals surface area contributed by atoms with Crippen molar-refractivity contribution in [2.45, 2.75) is 0 Å². The Morgan fingerprint density at radius 2 is 2.10 bits per heavy atom. The molecule has 2 rings (SSSR count). The Labute approximate surface area is 74.7 Å². The van der Waals surface area contributed by atoms with Gasteiger partial charge in [0.15, 0.2) is 4.96 Å². The first-order valence-electron chi connectivity index (χ1n) is 2.33. The quantitative estimate of drug-likeness (QED) is 0.633. The van der Waals surface area contributed by atoms with E-state index in [-0.39, 0.29) is 24.8 Å². The summed E-state index contributed by atoms with van der Waals surface area (Å²) in [6.07, 6.45) is 5.73. The number of fused-ring (bicyclic) bond motifs is 1. The van der Waals surface area contributed by atoms with E-state index >= 15 is 0 Å². The summed E-state index contributed by atoms with van der Waals surface area (Å²) in [5, 5.41) is 2.02. The molecule has 5 heteroatoms. The molecule has 0 amide bonds. The maximum Gasteiger partial charge on any atom is 0.193 e. The van der Waals surface area contributed by atoms with E-state index in [1.807, 2.05) is 22.2 Å². The van der Waals surface area contributed by atoms with Crippen molar-refractivity contribution in [3.05, 3.63) is 24.0 Å². The molecular formula is C5H6Cl2N2S. The van der Waals surface area contributed by atoms with E-state index in [0.29, 0.717) is 0 Å². The number of hydrogen-bond donors (Lipinski definition) is 0. The van der Waals surface area contributed by atoms with Crippen LogP contribution in [0.25, 0.3) is 4.96 Å². The summed E-state index contributed by atoms with van der Waals surface area (Å²) in [4.78, 5) is 5.12. The van der Waals surface area contributed by atoms with Crippen LogP contribution in [0.2, 0.25) is 0 Å². The predicted octanol–water partition coefficient (Wildman–Crippen LogP) is 2.24. The van der Waals surface area contributed by atoms with E-state index in [2.05, 4.69) is 4.98 Å². The number of imidazole rings is 1. The average Bonchev–Trinajstić information content (AvgIpc) is 2.15. The molecule has 2 aromatic rings. The fourth-order valence-corrected chi connectivity index (χ4v) is 1.34. The van der Waals surface area contributed by atoms with Gasteiger partial charge in [-0.3, -0.25) is 4.40 Å². The highest BCUT2D eigenvalue weighted by Gasteiger charge is 1.88. The molecule has 0 aliphatic rings. The van der Waals surface area contributed by atoms with Crippen molar-refractivity contribution in [2.24, 2.45) is 0 Å². The van der Waals surface area contributed by atoms with Gasteiger partial charge < -0.3 is 0 Å². The first-order valence-corrected chi connectivity index (χ1v) is 3.21. The normalized spacial score (nSPS) is 8.40. The second kappa shape index (κ2) is 3.81. The Balaban J connectivity index is 0.000000405. The number of rotatable bonds is 0. The van der Waals surface area contributed by atoms with Gasteiger partial charge in [-0.25, -0.2) is 4.98 Å². The van der Waals surface area contributed by atoms with Crippen molar-refractivity contribution in [1.29, 1.82) is 0 Å². The van der Waals surface area contributed by atoms with Gasteiger partial charge in [0.1, 0.15) is 0 Å². The largest absolute Gasteiger partial charge is 0.298 e. The molecule has 0 saturated carbocycles. The third-order valence-corrected chi connectivity index (χ3v) is 1.81. The molecule has 0 aliphatic carbocycles. The average molecular weight is 197 g/mol. The topological polar surface area (TPSA) is 17.3 Å². The molecule has 10 heavy (non-hydrogen) atoms. The highest BCUT2D eigenvalue weighted by Crippen LogP contribution is 2.06. The Morgan fingerprint density at radius 3 is 2.80 bits per heavy atom. The molecule has 0 atom stereocenters. The number of halogens is 2. The molecule has 0 aliphatic heterocycles. The molecule has 0 bridgehead atoms. The maximum absolute atomic E-state index is 4.06. The van der Waals surface area contributed by atoms with Crippen molar-refractivity contribution in [3.63, 3.8) is 0 Å². The van der Waals surface area contributed by atoms with E-state index in [1.54, 1.807) is 17.5 Å². The van der Waals surface area contributed by atoms with Gasteiger partial charge in [-0.2, -0.15) is 0 Å². The summed E-state index contributed by atoms with van der Waals surface area (Å²) in [6.45, 7) is 0. The van der Waals surface area contributed by atoms with Gasteiger partial charge in [0.2, 0.25) is 0 Å². The standard InChI is InChI=1S/C5H4N2S.2ClH/c1-2-7-3-4-8-5(7)6-1;;/h1-4H;2*1H. The molecule has 2 nitrogen and oxygen atoms in total. The molecule has 0 N–H and O–H groups in total. The molecule has 2 aromatic heterocycles. The zero-order valence-corrected chi connectivity index (χ0v) is 7.38. The van der Waals surface area contributed by atoms with Crippen molar-refractivity contribution < 1.29 is 0 Å². The summed E-state index contributed by atoms with van der Waals surface area (Å²) in [5.41, 5.74) is 0. The molecule has 0 radical (unpaired) electrons. The Bertz CT molecular complexity index is 239. The fourth-order valence-electron chi connectivity index (χ4n) is 0.661. The second-order valence-corrected chi connectivity index (χ2v) is 2.39. The van der Waals surface area contributed by atoms with Crippen LogP contribution in [-0.2, 0) is 0 Å². The first-order chi connectivity index (χ1) is 3.97. The van der Waals surface area contributed by atoms with E-state index in [4.69, 9.17) is 0 Å². The molecule has 2 heterocycles. The summed E-state index contributed by atoms with van der Waals surface area (Å²) >= 11 is 1.65. The van der Waals surface area contributed by atoms with Crippen molar-refractivity contribution in [3.8, 4) is 0 Å². The lowest BCUT2D eigenvalue weighted by Gasteiger charge is -1.71. The van der Waals surface area contributed by atoms with Crippen molar-refractivity contribution in [2.75, 3.05) is 0 Å². The van der Waals surface area contributed by atoms with E-state index < -0.39 is 0 Å². The van der Waals surface area contributed by atoms with Crippen LogP contribution in [0, 0.1) is 0 Å².